The van der Waals surface area contributed by atoms with Crippen LogP contribution < -0.4 is 5.56 Å². The molecule has 0 unspecified atom stereocenters. The number of aromatic nitrogens is 2. The van der Waals surface area contributed by atoms with Crippen LogP contribution in [0, 0.1) is 29.6 Å². The first-order valence-corrected chi connectivity index (χ1v) is 7.25. The molecule has 0 fully saturated rings. The van der Waals surface area contributed by atoms with Crippen molar-refractivity contribution in [2.75, 3.05) is 5.75 Å². The normalized spacial score (nSPS) is 9.86. The highest BCUT2D eigenvalue weighted by Gasteiger charge is 2.13. The van der Waals surface area contributed by atoms with E-state index in [1.165, 1.54) is 11.8 Å². The van der Waals surface area contributed by atoms with E-state index in [4.69, 9.17) is 10.5 Å². The van der Waals surface area contributed by atoms with Gasteiger partial charge < -0.3 is 4.98 Å². The summed E-state index contributed by atoms with van der Waals surface area (Å²) in [5.41, 5.74) is 1.74. The third-order valence-corrected chi connectivity index (χ3v) is 3.66. The molecule has 0 aliphatic carbocycles. The Balaban J connectivity index is 2.48. The van der Waals surface area contributed by atoms with E-state index >= 15 is 0 Å². The molecule has 1 N–H and O–H groups in total. The van der Waals surface area contributed by atoms with Crippen molar-refractivity contribution in [1.82, 2.24) is 9.97 Å². The molecule has 0 bridgehead atoms. The molecule has 0 spiro atoms. The second-order valence-corrected chi connectivity index (χ2v) is 5.41. The Labute approximate surface area is 126 Å². The Bertz CT molecular complexity index is 781. The first kappa shape index (κ1) is 14.8. The van der Waals surface area contributed by atoms with Crippen molar-refractivity contribution >= 4 is 11.8 Å². The predicted octanol–water partition coefficient (Wildman–Crippen LogP) is 2.62. The van der Waals surface area contributed by atoms with Crippen LogP contribution in [0.5, 0.6) is 0 Å². The highest BCUT2D eigenvalue weighted by atomic mass is 32.2. The van der Waals surface area contributed by atoms with Crippen molar-refractivity contribution < 1.29 is 0 Å². The number of H-pyrrole nitrogens is 1. The second kappa shape index (κ2) is 6.74. The van der Waals surface area contributed by atoms with Crippen LogP contribution in [0.15, 0.2) is 34.2 Å². The molecule has 6 heteroatoms. The van der Waals surface area contributed by atoms with Gasteiger partial charge in [-0.2, -0.15) is 10.5 Å². The minimum Gasteiger partial charge on any atom is -0.300 e. The molecule has 21 heavy (non-hydrogen) atoms. The van der Waals surface area contributed by atoms with Crippen molar-refractivity contribution in [3.8, 4) is 23.4 Å². The lowest BCUT2D eigenvalue weighted by Gasteiger charge is -2.06. The maximum atomic E-state index is 12.0. The minimum absolute atomic E-state index is 0.00323. The molecule has 0 saturated carbocycles. The summed E-state index contributed by atoms with van der Waals surface area (Å²) >= 11 is 1.29. The average Bonchev–Trinajstić information content (AvgIpc) is 2.48. The van der Waals surface area contributed by atoms with Gasteiger partial charge in [-0.05, 0) is 6.92 Å². The smallest absolute Gasteiger partial charge is 0.270 e. The maximum Gasteiger partial charge on any atom is 0.270 e. The number of nitrogens with zero attached hydrogens (tertiary/aromatic N) is 3. The standard InChI is InChI=1S/C15H12N4OS/c1-10-3-5-11(6-4-10)13-12(9-17)14(20)19-15(18-13)21-8-2-7-16/h3-6H,2,8H2,1H3,(H,18,19,20). The number of nitrogens with one attached hydrogen (secondary N) is 1. The van der Waals surface area contributed by atoms with Crippen LogP contribution >= 0.6 is 11.8 Å². The highest BCUT2D eigenvalue weighted by Crippen LogP contribution is 2.22. The minimum atomic E-state index is -0.456. The van der Waals surface area contributed by atoms with Gasteiger partial charge in [0.2, 0.25) is 0 Å². The summed E-state index contributed by atoms with van der Waals surface area (Å²) in [5.74, 6) is 0.540. The maximum absolute atomic E-state index is 12.0. The summed E-state index contributed by atoms with van der Waals surface area (Å²) < 4.78 is 0. The molecule has 1 aromatic carbocycles. The van der Waals surface area contributed by atoms with E-state index < -0.39 is 5.56 Å². The van der Waals surface area contributed by atoms with Crippen LogP contribution in [-0.4, -0.2) is 15.7 Å². The monoisotopic (exact) mass is 296 g/mol. The van der Waals surface area contributed by atoms with Gasteiger partial charge in [0, 0.05) is 17.7 Å². The number of thioether (sulfide) groups is 1. The Morgan fingerprint density at radius 3 is 2.62 bits per heavy atom. The van der Waals surface area contributed by atoms with Gasteiger partial charge in [-0.25, -0.2) is 4.98 Å². The molecular formula is C15H12N4OS. The number of nitriles is 2. The summed E-state index contributed by atoms with van der Waals surface area (Å²) in [6.45, 7) is 1.96. The first-order chi connectivity index (χ1) is 10.2. The molecule has 0 atom stereocenters. The van der Waals surface area contributed by atoms with Crippen molar-refractivity contribution in [3.05, 3.63) is 45.7 Å². The van der Waals surface area contributed by atoms with E-state index in [2.05, 4.69) is 9.97 Å². The Hall–Kier alpha value is -2.57. The molecule has 0 amide bonds. The number of benzene rings is 1. The van der Waals surface area contributed by atoms with Gasteiger partial charge in [-0.15, -0.1) is 0 Å². The quantitative estimate of drug-likeness (QED) is 0.532. The SMILES string of the molecule is Cc1ccc(-c2nc(SCCC#N)[nH]c(=O)c2C#N)cc1. The molecule has 5 nitrogen and oxygen atoms in total. The lowest BCUT2D eigenvalue weighted by atomic mass is 10.1. The van der Waals surface area contributed by atoms with Crippen molar-refractivity contribution in [1.29, 1.82) is 10.5 Å². The summed E-state index contributed by atoms with van der Waals surface area (Å²) in [4.78, 5) is 18.9. The van der Waals surface area contributed by atoms with E-state index in [9.17, 15) is 4.79 Å². The summed E-state index contributed by atoms with van der Waals surface area (Å²) in [6.07, 6.45) is 0.369. The van der Waals surface area contributed by atoms with Crippen molar-refractivity contribution in [2.45, 2.75) is 18.5 Å². The fourth-order valence-corrected chi connectivity index (χ4v) is 2.45. The van der Waals surface area contributed by atoms with Crippen LogP contribution in [0.3, 0.4) is 0 Å². The molecule has 0 saturated heterocycles. The van der Waals surface area contributed by atoms with Crippen LogP contribution in [0.25, 0.3) is 11.3 Å². The lowest BCUT2D eigenvalue weighted by Crippen LogP contribution is -2.14. The van der Waals surface area contributed by atoms with E-state index in [0.717, 1.165) is 11.1 Å². The average molecular weight is 296 g/mol. The lowest BCUT2D eigenvalue weighted by molar-refractivity contribution is 0.934. The number of aryl methyl sites for hydroxylation is 1. The molecule has 2 rings (SSSR count). The second-order valence-electron chi connectivity index (χ2n) is 4.33. The third kappa shape index (κ3) is 3.50. The van der Waals surface area contributed by atoms with Gasteiger partial charge in [0.1, 0.15) is 11.6 Å². The molecule has 0 aliphatic rings. The molecule has 104 valence electrons. The van der Waals surface area contributed by atoms with Crippen molar-refractivity contribution in [3.63, 3.8) is 0 Å². The molecule has 0 radical (unpaired) electrons. The van der Waals surface area contributed by atoms with Crippen LogP contribution in [0.4, 0.5) is 0 Å². The van der Waals surface area contributed by atoms with Gasteiger partial charge in [0.15, 0.2) is 5.16 Å². The predicted molar refractivity (Wildman–Crippen MR) is 80.7 cm³/mol. The van der Waals surface area contributed by atoms with Gasteiger partial charge in [0.05, 0.1) is 11.8 Å². The number of aromatic amines is 1. The van der Waals surface area contributed by atoms with E-state index in [-0.39, 0.29) is 5.56 Å². The van der Waals surface area contributed by atoms with Gasteiger partial charge in [-0.1, -0.05) is 41.6 Å². The van der Waals surface area contributed by atoms with E-state index in [0.29, 0.717) is 23.0 Å². The zero-order chi connectivity index (χ0) is 15.2. The summed E-state index contributed by atoms with van der Waals surface area (Å²) in [6, 6.07) is 11.4. The van der Waals surface area contributed by atoms with Crippen LogP contribution in [0.1, 0.15) is 17.5 Å². The van der Waals surface area contributed by atoms with E-state index in [1.807, 2.05) is 43.3 Å². The summed E-state index contributed by atoms with van der Waals surface area (Å²) in [5, 5.41) is 18.1. The molecule has 0 aliphatic heterocycles. The Kier molecular flexibility index (Phi) is 4.76. The number of hydrogen-bond donors (Lipinski definition) is 1. The fraction of sp³-hybridized carbons (Fsp3) is 0.200. The number of hydrogen-bond acceptors (Lipinski definition) is 5. The zero-order valence-electron chi connectivity index (χ0n) is 11.4. The first-order valence-electron chi connectivity index (χ1n) is 6.27. The molecule has 2 aromatic rings. The molecule has 1 heterocycles. The zero-order valence-corrected chi connectivity index (χ0v) is 12.2. The van der Waals surface area contributed by atoms with Crippen LogP contribution in [0.2, 0.25) is 0 Å². The fourth-order valence-electron chi connectivity index (χ4n) is 1.74. The number of rotatable bonds is 4. The van der Waals surface area contributed by atoms with Gasteiger partial charge >= 0.3 is 0 Å². The highest BCUT2D eigenvalue weighted by molar-refractivity contribution is 7.99. The van der Waals surface area contributed by atoms with Crippen molar-refractivity contribution in [2.24, 2.45) is 0 Å². The Morgan fingerprint density at radius 2 is 2.00 bits per heavy atom. The molecular weight excluding hydrogens is 284 g/mol. The third-order valence-electron chi connectivity index (χ3n) is 2.79. The largest absolute Gasteiger partial charge is 0.300 e. The topological polar surface area (TPSA) is 93.3 Å². The van der Waals surface area contributed by atoms with E-state index in [1.54, 1.807) is 0 Å². The van der Waals surface area contributed by atoms with Gasteiger partial charge in [-0.3, -0.25) is 4.79 Å². The van der Waals surface area contributed by atoms with Gasteiger partial charge in [0.25, 0.3) is 5.56 Å². The van der Waals surface area contributed by atoms with Crippen LogP contribution in [-0.2, 0) is 0 Å². The summed E-state index contributed by atoms with van der Waals surface area (Å²) in [7, 11) is 0. The molecule has 1 aromatic heterocycles. The Morgan fingerprint density at radius 1 is 1.29 bits per heavy atom.